The first-order valence-corrected chi connectivity index (χ1v) is 7.42. The fraction of sp³-hybridized carbons (Fsp3) is 0.667. The zero-order valence-electron chi connectivity index (χ0n) is 14.2. The van der Waals surface area contributed by atoms with E-state index in [-0.39, 0.29) is 25.7 Å². The standard InChI is InChI=1S/C15H23FN4O3/c1-11-6-19(10-17-11)12(21)18(5)7-15(16)8-20(9-15)13(22)23-14(2,3)4/h6,10H,7-9H2,1-5H3. The maximum absolute atomic E-state index is 14.6. The number of alkyl halides is 1. The fourth-order valence-corrected chi connectivity index (χ4v) is 2.41. The van der Waals surface area contributed by atoms with Gasteiger partial charge in [-0.25, -0.2) is 19.0 Å². The van der Waals surface area contributed by atoms with Crippen molar-refractivity contribution in [3.8, 4) is 0 Å². The minimum Gasteiger partial charge on any atom is -0.444 e. The first-order valence-electron chi connectivity index (χ1n) is 7.42. The molecule has 23 heavy (non-hydrogen) atoms. The van der Waals surface area contributed by atoms with Gasteiger partial charge in [0.1, 0.15) is 11.9 Å². The average Bonchev–Trinajstić information content (AvgIpc) is 2.79. The number of carbonyl (C=O) groups excluding carboxylic acids is 2. The van der Waals surface area contributed by atoms with Gasteiger partial charge in [-0.3, -0.25) is 4.57 Å². The lowest BCUT2D eigenvalue weighted by Crippen LogP contribution is -2.65. The second-order valence-corrected chi connectivity index (χ2v) is 7.05. The summed E-state index contributed by atoms with van der Waals surface area (Å²) in [5.41, 5.74) is -1.52. The highest BCUT2D eigenvalue weighted by Crippen LogP contribution is 2.28. The molecule has 8 heteroatoms. The van der Waals surface area contributed by atoms with Crippen LogP contribution in [0.15, 0.2) is 12.5 Å². The molecule has 2 amide bonds. The van der Waals surface area contributed by atoms with Crippen molar-refractivity contribution < 1.29 is 18.7 Å². The van der Waals surface area contributed by atoms with Crippen LogP contribution in [0.4, 0.5) is 14.0 Å². The molecule has 0 aliphatic carbocycles. The molecule has 1 aliphatic heterocycles. The third-order valence-electron chi connectivity index (χ3n) is 3.38. The highest BCUT2D eigenvalue weighted by molar-refractivity contribution is 5.76. The van der Waals surface area contributed by atoms with Gasteiger partial charge in [0.15, 0.2) is 5.67 Å². The Kier molecular flexibility index (Phi) is 4.37. The van der Waals surface area contributed by atoms with Crippen molar-refractivity contribution in [1.29, 1.82) is 0 Å². The van der Waals surface area contributed by atoms with Crippen LogP contribution in [-0.2, 0) is 4.74 Å². The summed E-state index contributed by atoms with van der Waals surface area (Å²) >= 11 is 0. The van der Waals surface area contributed by atoms with E-state index in [9.17, 15) is 14.0 Å². The highest BCUT2D eigenvalue weighted by atomic mass is 19.1. The van der Waals surface area contributed by atoms with Gasteiger partial charge in [-0.2, -0.15) is 0 Å². The number of carbonyl (C=O) groups is 2. The van der Waals surface area contributed by atoms with Crippen molar-refractivity contribution in [1.82, 2.24) is 19.4 Å². The summed E-state index contributed by atoms with van der Waals surface area (Å²) < 4.78 is 21.1. The van der Waals surface area contributed by atoms with Crippen molar-refractivity contribution in [3.05, 3.63) is 18.2 Å². The summed E-state index contributed by atoms with van der Waals surface area (Å²) in [4.78, 5) is 30.5. The third kappa shape index (κ3) is 4.20. The summed E-state index contributed by atoms with van der Waals surface area (Å²) in [6.07, 6.45) is 2.44. The monoisotopic (exact) mass is 326 g/mol. The number of hydrogen-bond donors (Lipinski definition) is 0. The van der Waals surface area contributed by atoms with Crippen LogP contribution >= 0.6 is 0 Å². The lowest BCUT2D eigenvalue weighted by molar-refractivity contribution is -0.0576. The van der Waals surface area contributed by atoms with Crippen LogP contribution in [0.2, 0.25) is 0 Å². The van der Waals surface area contributed by atoms with Gasteiger partial charge in [0.05, 0.1) is 25.3 Å². The van der Waals surface area contributed by atoms with Gasteiger partial charge in [0.2, 0.25) is 0 Å². The predicted octanol–water partition coefficient (Wildman–Crippen LogP) is 2.05. The summed E-state index contributed by atoms with van der Waals surface area (Å²) in [5.74, 6) is 0. The molecule has 0 saturated carbocycles. The van der Waals surface area contributed by atoms with Gasteiger partial charge in [0, 0.05) is 13.2 Å². The molecule has 0 spiro atoms. The molecular formula is C15H23FN4O3. The van der Waals surface area contributed by atoms with E-state index in [4.69, 9.17) is 4.74 Å². The molecule has 2 rings (SSSR count). The summed E-state index contributed by atoms with van der Waals surface area (Å²) in [7, 11) is 1.52. The molecule has 1 fully saturated rings. The van der Waals surface area contributed by atoms with E-state index in [0.717, 1.165) is 0 Å². The van der Waals surface area contributed by atoms with E-state index in [1.165, 1.54) is 27.7 Å². The Labute approximate surface area is 135 Å². The molecule has 0 aromatic carbocycles. The molecule has 2 heterocycles. The van der Waals surface area contributed by atoms with Crippen LogP contribution in [0.25, 0.3) is 0 Å². The van der Waals surface area contributed by atoms with Crippen molar-refractivity contribution in [2.45, 2.75) is 39.0 Å². The maximum Gasteiger partial charge on any atom is 0.410 e. The fourth-order valence-electron chi connectivity index (χ4n) is 2.41. The van der Waals surface area contributed by atoms with E-state index in [0.29, 0.717) is 5.69 Å². The highest BCUT2D eigenvalue weighted by Gasteiger charge is 2.48. The molecular weight excluding hydrogens is 303 g/mol. The molecule has 128 valence electrons. The van der Waals surface area contributed by atoms with Crippen LogP contribution in [0, 0.1) is 6.92 Å². The van der Waals surface area contributed by atoms with Crippen LogP contribution < -0.4 is 0 Å². The quantitative estimate of drug-likeness (QED) is 0.834. The van der Waals surface area contributed by atoms with Gasteiger partial charge < -0.3 is 14.5 Å². The molecule has 1 aliphatic rings. The normalized spacial score (nSPS) is 16.7. The number of amides is 2. The number of rotatable bonds is 2. The molecule has 7 nitrogen and oxygen atoms in total. The summed E-state index contributed by atoms with van der Waals surface area (Å²) in [5, 5.41) is 0. The van der Waals surface area contributed by atoms with Gasteiger partial charge in [0.25, 0.3) is 0 Å². The zero-order chi connectivity index (χ0) is 17.4. The minimum atomic E-state index is -1.61. The third-order valence-corrected chi connectivity index (χ3v) is 3.38. The molecule has 0 N–H and O–H groups in total. The van der Waals surface area contributed by atoms with E-state index in [1.54, 1.807) is 33.9 Å². The van der Waals surface area contributed by atoms with Crippen LogP contribution in [0.5, 0.6) is 0 Å². The number of ether oxygens (including phenoxy) is 1. The van der Waals surface area contributed by atoms with Crippen LogP contribution in [0.3, 0.4) is 0 Å². The largest absolute Gasteiger partial charge is 0.444 e. The second kappa shape index (κ2) is 5.82. The van der Waals surface area contributed by atoms with E-state index in [2.05, 4.69) is 4.98 Å². The Morgan fingerprint density at radius 1 is 1.43 bits per heavy atom. The zero-order valence-corrected chi connectivity index (χ0v) is 14.2. The van der Waals surface area contributed by atoms with Crippen molar-refractivity contribution in [2.75, 3.05) is 26.7 Å². The van der Waals surface area contributed by atoms with Crippen LogP contribution in [-0.4, -0.2) is 69.4 Å². The van der Waals surface area contributed by atoms with Crippen molar-refractivity contribution in [3.63, 3.8) is 0 Å². The topological polar surface area (TPSA) is 67.7 Å². The second-order valence-electron chi connectivity index (χ2n) is 7.05. The number of aromatic nitrogens is 2. The molecule has 0 atom stereocenters. The number of halogens is 1. The Balaban J connectivity index is 1.87. The predicted molar refractivity (Wildman–Crippen MR) is 82.0 cm³/mol. The van der Waals surface area contributed by atoms with Gasteiger partial charge >= 0.3 is 12.1 Å². The van der Waals surface area contributed by atoms with Gasteiger partial charge in [-0.05, 0) is 27.7 Å². The number of likely N-dealkylation sites (tertiary alicyclic amines) is 1. The van der Waals surface area contributed by atoms with E-state index < -0.39 is 17.4 Å². The number of imidazole rings is 1. The van der Waals surface area contributed by atoms with Gasteiger partial charge in [-0.15, -0.1) is 0 Å². The SMILES string of the molecule is Cc1cn(C(=O)N(C)CC2(F)CN(C(=O)OC(C)(C)C)C2)cn1. The van der Waals surface area contributed by atoms with Gasteiger partial charge in [-0.1, -0.05) is 0 Å². The first-order chi connectivity index (χ1) is 10.5. The van der Waals surface area contributed by atoms with Crippen molar-refractivity contribution in [2.24, 2.45) is 0 Å². The molecule has 0 bridgehead atoms. The van der Waals surface area contributed by atoms with Crippen molar-refractivity contribution >= 4 is 12.1 Å². The van der Waals surface area contributed by atoms with E-state index in [1.807, 2.05) is 0 Å². The summed E-state index contributed by atoms with van der Waals surface area (Å²) in [6, 6.07) is -0.363. The molecule has 1 saturated heterocycles. The number of aryl methyl sites for hydroxylation is 1. The Bertz CT molecular complexity index is 602. The van der Waals surface area contributed by atoms with Crippen LogP contribution in [0.1, 0.15) is 26.5 Å². The molecule has 1 aromatic heterocycles. The number of nitrogens with zero attached hydrogens (tertiary/aromatic N) is 4. The maximum atomic E-state index is 14.6. The minimum absolute atomic E-state index is 0.0809. The Morgan fingerprint density at radius 3 is 2.52 bits per heavy atom. The molecule has 0 radical (unpaired) electrons. The molecule has 1 aromatic rings. The van der Waals surface area contributed by atoms with E-state index >= 15 is 0 Å². The smallest absolute Gasteiger partial charge is 0.410 e. The average molecular weight is 326 g/mol. The summed E-state index contributed by atoms with van der Waals surface area (Å²) in [6.45, 7) is 6.78. The Hall–Kier alpha value is -2.12. The number of hydrogen-bond acceptors (Lipinski definition) is 4. The lowest BCUT2D eigenvalue weighted by Gasteiger charge is -2.45. The lowest BCUT2D eigenvalue weighted by atomic mass is 9.96. The first kappa shape index (κ1) is 17.2. The Morgan fingerprint density at radius 2 is 2.04 bits per heavy atom. The molecule has 0 unspecified atom stereocenters.